The summed E-state index contributed by atoms with van der Waals surface area (Å²) in [6.45, 7) is 8.81. The molecule has 7 nitrogen and oxygen atoms in total. The molecule has 5 atom stereocenters. The largest absolute Gasteiger partial charge is 0.464 e. The number of likely N-dealkylation sites (tertiary alicyclic amines) is 1. The highest BCUT2D eigenvalue weighted by atomic mass is 16.5. The predicted octanol–water partition coefficient (Wildman–Crippen LogP) is -0.186. The van der Waals surface area contributed by atoms with E-state index in [1.807, 2.05) is 13.8 Å². The fourth-order valence-corrected chi connectivity index (χ4v) is 3.47. The number of hydrogen-bond donors (Lipinski definition) is 2. The quantitative estimate of drug-likeness (QED) is 0.425. The van der Waals surface area contributed by atoms with Crippen LogP contribution in [0.4, 0.5) is 0 Å². The number of carbonyl (C=O) groups excluding carboxylic acids is 2. The summed E-state index contributed by atoms with van der Waals surface area (Å²) >= 11 is 0. The summed E-state index contributed by atoms with van der Waals surface area (Å²) in [5.74, 6) is -0.305. The smallest absolute Gasteiger partial charge is 0.293 e. The standard InChI is InChI=1S/C12H18N2O3.C4H6O2/c1-6-4-12(2)9(13-5-6)7-8(17-12)11(16)14(3)10(7)15;1-2-3-6-4-5/h4,7-9,11,13,16H,5H2,1-3H3;2,4H,1,3H2. The Hall–Kier alpha value is -1.70. The van der Waals surface area contributed by atoms with Crippen molar-refractivity contribution >= 4 is 12.4 Å². The Morgan fingerprint density at radius 1 is 1.65 bits per heavy atom. The number of hydrogen-bond acceptors (Lipinski definition) is 6. The molecule has 0 aromatic heterocycles. The van der Waals surface area contributed by atoms with Crippen molar-refractivity contribution in [3.05, 3.63) is 24.3 Å². The van der Waals surface area contributed by atoms with Gasteiger partial charge in [-0.15, -0.1) is 0 Å². The van der Waals surface area contributed by atoms with Crippen LogP contribution >= 0.6 is 0 Å². The van der Waals surface area contributed by atoms with Gasteiger partial charge in [-0.05, 0) is 13.8 Å². The summed E-state index contributed by atoms with van der Waals surface area (Å²) in [6.07, 6.45) is 2.34. The van der Waals surface area contributed by atoms with E-state index in [1.165, 1.54) is 16.5 Å². The Morgan fingerprint density at radius 2 is 2.35 bits per heavy atom. The predicted molar refractivity (Wildman–Crippen MR) is 83.3 cm³/mol. The molecular weight excluding hydrogens is 300 g/mol. The molecule has 2 fully saturated rings. The van der Waals surface area contributed by atoms with Gasteiger partial charge in [0.1, 0.15) is 18.3 Å². The highest BCUT2D eigenvalue weighted by Gasteiger charge is 2.62. The topological polar surface area (TPSA) is 88.1 Å². The number of fused-ring (bicyclic) bond motifs is 3. The molecule has 23 heavy (non-hydrogen) atoms. The molecule has 0 spiro atoms. The monoisotopic (exact) mass is 324 g/mol. The molecule has 3 heterocycles. The van der Waals surface area contributed by atoms with Crippen molar-refractivity contribution < 1.29 is 24.2 Å². The number of rotatable bonds is 3. The molecule has 7 heteroatoms. The summed E-state index contributed by atoms with van der Waals surface area (Å²) < 4.78 is 10.1. The molecule has 0 aromatic rings. The lowest BCUT2D eigenvalue weighted by Crippen LogP contribution is -2.53. The van der Waals surface area contributed by atoms with Crippen molar-refractivity contribution in [1.82, 2.24) is 10.2 Å². The number of likely N-dealkylation sites (N-methyl/N-ethyl adjacent to an activating group) is 1. The first-order valence-electron chi connectivity index (χ1n) is 7.56. The SMILES string of the molecule is C=CCOC=O.CC1=CC2(C)OC3C(C(=O)N(C)C3O)C2NC1. The Labute approximate surface area is 135 Å². The molecule has 0 bridgehead atoms. The lowest BCUT2D eigenvalue weighted by Gasteiger charge is -2.36. The van der Waals surface area contributed by atoms with Crippen LogP contribution in [0.25, 0.3) is 0 Å². The molecule has 0 saturated carbocycles. The molecule has 0 radical (unpaired) electrons. The minimum absolute atomic E-state index is 0.0309. The van der Waals surface area contributed by atoms with E-state index in [0.29, 0.717) is 13.1 Å². The lowest BCUT2D eigenvalue weighted by molar-refractivity contribution is -0.138. The average Bonchev–Trinajstić information content (AvgIpc) is 2.92. The van der Waals surface area contributed by atoms with Crippen LogP contribution in [0.5, 0.6) is 0 Å². The van der Waals surface area contributed by atoms with Crippen LogP contribution in [0.1, 0.15) is 13.8 Å². The Kier molecular flexibility index (Phi) is 5.23. The van der Waals surface area contributed by atoms with Gasteiger partial charge in [0.05, 0.1) is 12.0 Å². The van der Waals surface area contributed by atoms with Gasteiger partial charge in [0.15, 0.2) is 6.23 Å². The van der Waals surface area contributed by atoms with Gasteiger partial charge in [-0.1, -0.05) is 24.3 Å². The minimum Gasteiger partial charge on any atom is -0.464 e. The summed E-state index contributed by atoms with van der Waals surface area (Å²) in [7, 11) is 1.62. The number of nitrogens with one attached hydrogen (secondary N) is 1. The van der Waals surface area contributed by atoms with Gasteiger partial charge < -0.3 is 24.8 Å². The highest BCUT2D eigenvalue weighted by molar-refractivity contribution is 5.83. The van der Waals surface area contributed by atoms with E-state index >= 15 is 0 Å². The Bertz CT molecular complexity index is 513. The van der Waals surface area contributed by atoms with Crippen molar-refractivity contribution in [2.24, 2.45) is 5.92 Å². The minimum atomic E-state index is -0.828. The zero-order chi connectivity index (χ0) is 17.2. The van der Waals surface area contributed by atoms with E-state index in [4.69, 9.17) is 4.74 Å². The van der Waals surface area contributed by atoms with E-state index in [1.54, 1.807) is 7.05 Å². The molecule has 3 aliphatic heterocycles. The number of carbonyl (C=O) groups is 2. The Balaban J connectivity index is 0.000000277. The second-order valence-corrected chi connectivity index (χ2v) is 6.22. The van der Waals surface area contributed by atoms with Crippen molar-refractivity contribution in [1.29, 1.82) is 0 Å². The first-order chi connectivity index (χ1) is 10.9. The summed E-state index contributed by atoms with van der Waals surface area (Å²) in [4.78, 5) is 22.8. The number of aliphatic hydroxyl groups excluding tert-OH is 1. The van der Waals surface area contributed by atoms with Gasteiger partial charge in [0.2, 0.25) is 5.91 Å². The first kappa shape index (κ1) is 17.7. The molecule has 3 rings (SSSR count). The van der Waals surface area contributed by atoms with Crippen LogP contribution in [0.15, 0.2) is 24.3 Å². The Morgan fingerprint density at radius 3 is 2.91 bits per heavy atom. The zero-order valence-corrected chi connectivity index (χ0v) is 13.7. The molecule has 0 aromatic carbocycles. The van der Waals surface area contributed by atoms with Gasteiger partial charge in [0, 0.05) is 13.6 Å². The second-order valence-electron chi connectivity index (χ2n) is 6.22. The maximum absolute atomic E-state index is 12.1. The van der Waals surface area contributed by atoms with Crippen molar-refractivity contribution in [2.75, 3.05) is 20.2 Å². The van der Waals surface area contributed by atoms with Crippen LogP contribution in [0, 0.1) is 5.92 Å². The second kappa shape index (κ2) is 6.82. The molecule has 2 N–H and O–H groups in total. The van der Waals surface area contributed by atoms with Gasteiger partial charge in [-0.2, -0.15) is 0 Å². The number of ether oxygens (including phenoxy) is 2. The van der Waals surface area contributed by atoms with Gasteiger partial charge in [0.25, 0.3) is 6.47 Å². The van der Waals surface area contributed by atoms with Crippen molar-refractivity contribution in [3.63, 3.8) is 0 Å². The fraction of sp³-hybridized carbons (Fsp3) is 0.625. The zero-order valence-electron chi connectivity index (χ0n) is 13.7. The summed E-state index contributed by atoms with van der Waals surface area (Å²) in [5, 5.41) is 13.4. The molecule has 0 aliphatic carbocycles. The maximum atomic E-state index is 12.1. The fourth-order valence-electron chi connectivity index (χ4n) is 3.47. The average molecular weight is 324 g/mol. The normalized spacial score (nSPS) is 38.0. The third kappa shape index (κ3) is 3.17. The third-order valence-corrected chi connectivity index (χ3v) is 4.46. The van der Waals surface area contributed by atoms with Crippen molar-refractivity contribution in [3.8, 4) is 0 Å². The number of nitrogens with zero attached hydrogens (tertiary/aromatic N) is 1. The van der Waals surface area contributed by atoms with E-state index in [2.05, 4.69) is 22.7 Å². The first-order valence-corrected chi connectivity index (χ1v) is 7.56. The third-order valence-electron chi connectivity index (χ3n) is 4.46. The summed E-state index contributed by atoms with van der Waals surface area (Å²) in [5.41, 5.74) is 0.731. The van der Waals surface area contributed by atoms with E-state index in [9.17, 15) is 14.7 Å². The molecule has 2 saturated heterocycles. The molecule has 1 amide bonds. The molecular formula is C16H24N2O5. The van der Waals surface area contributed by atoms with Gasteiger partial charge >= 0.3 is 0 Å². The van der Waals surface area contributed by atoms with Crippen LogP contribution in [0.3, 0.4) is 0 Å². The molecule has 3 aliphatic rings. The van der Waals surface area contributed by atoms with Crippen LogP contribution in [0.2, 0.25) is 0 Å². The molecule has 128 valence electrons. The van der Waals surface area contributed by atoms with Crippen LogP contribution in [-0.4, -0.2) is 66.6 Å². The van der Waals surface area contributed by atoms with Crippen LogP contribution in [-0.2, 0) is 19.1 Å². The lowest BCUT2D eigenvalue weighted by atomic mass is 9.84. The maximum Gasteiger partial charge on any atom is 0.293 e. The van der Waals surface area contributed by atoms with Crippen LogP contribution < -0.4 is 5.32 Å². The van der Waals surface area contributed by atoms with Gasteiger partial charge in [-0.25, -0.2) is 0 Å². The summed E-state index contributed by atoms with van der Waals surface area (Å²) in [6, 6.07) is -0.0386. The van der Waals surface area contributed by atoms with E-state index in [0.717, 1.165) is 6.54 Å². The van der Waals surface area contributed by atoms with Crippen molar-refractivity contribution in [2.45, 2.75) is 37.8 Å². The highest BCUT2D eigenvalue weighted by Crippen LogP contribution is 2.44. The van der Waals surface area contributed by atoms with E-state index in [-0.39, 0.29) is 17.9 Å². The number of aliphatic hydroxyl groups is 1. The van der Waals surface area contributed by atoms with E-state index < -0.39 is 17.9 Å². The molecule has 5 unspecified atom stereocenters. The number of amides is 1. The van der Waals surface area contributed by atoms with Gasteiger partial charge in [-0.3, -0.25) is 9.59 Å².